The lowest BCUT2D eigenvalue weighted by Crippen LogP contribution is -2.42. The fourth-order valence-corrected chi connectivity index (χ4v) is 6.16. The van der Waals surface area contributed by atoms with E-state index < -0.39 is 17.5 Å². The van der Waals surface area contributed by atoms with Gasteiger partial charge in [-0.2, -0.15) is 0 Å². The average Bonchev–Trinajstić information content (AvgIpc) is 3.26. The summed E-state index contributed by atoms with van der Waals surface area (Å²) >= 11 is 0. The molecule has 2 fully saturated rings. The highest BCUT2D eigenvalue weighted by Crippen LogP contribution is 2.63. The van der Waals surface area contributed by atoms with Gasteiger partial charge in [0.1, 0.15) is 6.61 Å². The van der Waals surface area contributed by atoms with Gasteiger partial charge in [0.15, 0.2) is 0 Å². The van der Waals surface area contributed by atoms with Crippen molar-refractivity contribution < 1.29 is 24.2 Å². The zero-order chi connectivity index (χ0) is 24.6. The van der Waals surface area contributed by atoms with E-state index in [2.05, 4.69) is 34.9 Å². The monoisotopic (exact) mass is 476 g/mol. The number of carboxylic acid groups (broad SMARTS) is 1. The maximum atomic E-state index is 12.7. The summed E-state index contributed by atoms with van der Waals surface area (Å²) in [6, 6.07) is 15.9. The average molecular weight is 477 g/mol. The SMILES string of the molecule is CCCC(CC(=O)N[C@@H]1C[C@H]2C[C@@]2(C(=O)O)C1)NC(=O)OCC1c2ccccc2-c2ccccc21. The molecule has 3 aliphatic carbocycles. The molecular weight excluding hydrogens is 444 g/mol. The summed E-state index contributed by atoms with van der Waals surface area (Å²) < 4.78 is 5.64. The van der Waals surface area contributed by atoms with Crippen molar-refractivity contribution >= 4 is 18.0 Å². The van der Waals surface area contributed by atoms with Crippen LogP contribution in [0.3, 0.4) is 0 Å². The maximum absolute atomic E-state index is 12.7. The van der Waals surface area contributed by atoms with Gasteiger partial charge in [-0.25, -0.2) is 4.79 Å². The Hall–Kier alpha value is -3.35. The van der Waals surface area contributed by atoms with Gasteiger partial charge in [-0.1, -0.05) is 61.9 Å². The van der Waals surface area contributed by atoms with Crippen LogP contribution in [0, 0.1) is 11.3 Å². The van der Waals surface area contributed by atoms with Crippen LogP contribution < -0.4 is 10.6 Å². The summed E-state index contributed by atoms with van der Waals surface area (Å²) in [6.07, 6.45) is 3.03. The Bertz CT molecular complexity index is 1100. The zero-order valence-corrected chi connectivity index (χ0v) is 20.0. The molecule has 0 radical (unpaired) electrons. The Labute approximate surface area is 205 Å². The molecule has 5 rings (SSSR count). The lowest BCUT2D eigenvalue weighted by atomic mass is 9.98. The van der Waals surface area contributed by atoms with E-state index in [0.717, 1.165) is 30.4 Å². The number of ether oxygens (including phenoxy) is 1. The zero-order valence-electron chi connectivity index (χ0n) is 20.0. The molecule has 2 aromatic carbocycles. The van der Waals surface area contributed by atoms with Crippen molar-refractivity contribution in [1.29, 1.82) is 0 Å². The van der Waals surface area contributed by atoms with Crippen molar-refractivity contribution in [3.63, 3.8) is 0 Å². The van der Waals surface area contributed by atoms with Gasteiger partial charge in [0, 0.05) is 24.4 Å². The van der Waals surface area contributed by atoms with Crippen molar-refractivity contribution in [2.45, 2.75) is 63.5 Å². The third-order valence-corrected chi connectivity index (χ3v) is 7.94. The molecule has 3 N–H and O–H groups in total. The van der Waals surface area contributed by atoms with Gasteiger partial charge in [-0.05, 0) is 53.9 Å². The second-order valence-corrected chi connectivity index (χ2v) is 10.2. The fraction of sp³-hybridized carbons (Fsp3) is 0.464. The highest BCUT2D eigenvalue weighted by molar-refractivity contribution is 5.81. The van der Waals surface area contributed by atoms with Crippen LogP contribution in [0.25, 0.3) is 11.1 Å². The standard InChI is InChI=1S/C28H32N2O5/c1-2-7-18(13-25(31)29-19-12-17-14-28(17,15-19)26(32)33)30-27(34)35-16-24-22-10-5-3-8-20(22)21-9-4-6-11-23(21)24/h3-6,8-11,17-19,24H,2,7,12-16H2,1H3,(H,29,31)(H,30,34)(H,32,33)/t17-,18?,19+,28+/m0/s1. The van der Waals surface area contributed by atoms with Crippen LogP contribution in [0.5, 0.6) is 0 Å². The summed E-state index contributed by atoms with van der Waals surface area (Å²) in [5.41, 5.74) is 4.03. The first-order chi connectivity index (χ1) is 16.9. The molecule has 35 heavy (non-hydrogen) atoms. The van der Waals surface area contributed by atoms with E-state index >= 15 is 0 Å². The molecule has 4 atom stereocenters. The van der Waals surface area contributed by atoms with Crippen molar-refractivity contribution in [2.75, 3.05) is 6.61 Å². The van der Waals surface area contributed by atoms with Crippen LogP contribution in [0.4, 0.5) is 4.79 Å². The largest absolute Gasteiger partial charge is 0.481 e. The van der Waals surface area contributed by atoms with Gasteiger partial charge >= 0.3 is 12.1 Å². The minimum atomic E-state index is -0.750. The van der Waals surface area contributed by atoms with Crippen molar-refractivity contribution in [3.05, 3.63) is 59.7 Å². The number of benzene rings is 2. The molecule has 3 aliphatic rings. The number of fused-ring (bicyclic) bond motifs is 4. The smallest absolute Gasteiger partial charge is 0.407 e. The van der Waals surface area contributed by atoms with E-state index in [0.29, 0.717) is 12.8 Å². The number of hydrogen-bond donors (Lipinski definition) is 3. The molecule has 1 unspecified atom stereocenters. The maximum Gasteiger partial charge on any atom is 0.407 e. The lowest BCUT2D eigenvalue weighted by molar-refractivity contribution is -0.143. The first kappa shape index (κ1) is 23.4. The third-order valence-electron chi connectivity index (χ3n) is 7.94. The molecule has 7 heteroatoms. The number of carbonyl (C=O) groups excluding carboxylic acids is 2. The second kappa shape index (κ2) is 9.36. The normalized spacial score (nSPS) is 24.6. The molecule has 7 nitrogen and oxygen atoms in total. The number of alkyl carbamates (subject to hydrolysis) is 1. The van der Waals surface area contributed by atoms with Gasteiger partial charge in [0.2, 0.25) is 5.91 Å². The Kier molecular flexibility index (Phi) is 6.26. The number of rotatable bonds is 9. The molecule has 0 aliphatic heterocycles. The van der Waals surface area contributed by atoms with Gasteiger partial charge in [-0.15, -0.1) is 0 Å². The van der Waals surface area contributed by atoms with Crippen LogP contribution in [-0.4, -0.2) is 41.8 Å². The molecule has 0 aromatic heterocycles. The van der Waals surface area contributed by atoms with E-state index in [4.69, 9.17) is 4.74 Å². The lowest BCUT2D eigenvalue weighted by Gasteiger charge is -2.21. The third kappa shape index (κ3) is 4.51. The van der Waals surface area contributed by atoms with E-state index in [9.17, 15) is 19.5 Å². The molecule has 184 valence electrons. The summed E-state index contributed by atoms with van der Waals surface area (Å²) in [5, 5.41) is 15.3. The van der Waals surface area contributed by atoms with E-state index in [1.807, 2.05) is 31.2 Å². The predicted molar refractivity (Wildman–Crippen MR) is 131 cm³/mol. The Morgan fingerprint density at radius 2 is 1.71 bits per heavy atom. The topological polar surface area (TPSA) is 105 Å². The van der Waals surface area contributed by atoms with Gasteiger partial charge < -0.3 is 20.5 Å². The van der Waals surface area contributed by atoms with E-state index in [1.165, 1.54) is 11.1 Å². The number of amides is 2. The highest BCUT2D eigenvalue weighted by Gasteiger charge is 2.65. The summed E-state index contributed by atoms with van der Waals surface area (Å²) in [6.45, 7) is 2.23. The van der Waals surface area contributed by atoms with Crippen LogP contribution >= 0.6 is 0 Å². The molecule has 2 aromatic rings. The van der Waals surface area contributed by atoms with Crippen molar-refractivity contribution in [3.8, 4) is 11.1 Å². The number of carboxylic acids is 1. The predicted octanol–water partition coefficient (Wildman–Crippen LogP) is 4.45. The summed E-state index contributed by atoms with van der Waals surface area (Å²) in [5.74, 6) is -0.749. The van der Waals surface area contributed by atoms with E-state index in [1.54, 1.807) is 0 Å². The quantitative estimate of drug-likeness (QED) is 0.496. The van der Waals surface area contributed by atoms with E-state index in [-0.39, 0.29) is 42.9 Å². The van der Waals surface area contributed by atoms with Gasteiger partial charge in [0.05, 0.1) is 5.41 Å². The van der Waals surface area contributed by atoms with Crippen LogP contribution in [0.15, 0.2) is 48.5 Å². The van der Waals surface area contributed by atoms with Crippen LogP contribution in [0.2, 0.25) is 0 Å². The molecule has 0 heterocycles. The van der Waals surface area contributed by atoms with Crippen molar-refractivity contribution in [2.24, 2.45) is 11.3 Å². The molecule has 0 bridgehead atoms. The van der Waals surface area contributed by atoms with Crippen molar-refractivity contribution in [1.82, 2.24) is 10.6 Å². The molecule has 2 amide bonds. The fourth-order valence-electron chi connectivity index (χ4n) is 6.16. The number of aliphatic carboxylic acids is 1. The summed E-state index contributed by atoms with van der Waals surface area (Å²) in [4.78, 5) is 36.8. The molecule has 2 saturated carbocycles. The highest BCUT2D eigenvalue weighted by atomic mass is 16.5. The minimum absolute atomic E-state index is 0.0172. The molecule has 0 spiro atoms. The van der Waals surface area contributed by atoms with Gasteiger partial charge in [-0.3, -0.25) is 9.59 Å². The second-order valence-electron chi connectivity index (χ2n) is 10.2. The summed E-state index contributed by atoms with van der Waals surface area (Å²) in [7, 11) is 0. The Morgan fingerprint density at radius 3 is 2.31 bits per heavy atom. The number of hydrogen-bond acceptors (Lipinski definition) is 4. The van der Waals surface area contributed by atoms with Crippen LogP contribution in [0.1, 0.15) is 62.5 Å². The van der Waals surface area contributed by atoms with Gasteiger partial charge in [0.25, 0.3) is 0 Å². The minimum Gasteiger partial charge on any atom is -0.481 e. The first-order valence-corrected chi connectivity index (χ1v) is 12.6. The Morgan fingerprint density at radius 1 is 1.06 bits per heavy atom. The first-order valence-electron chi connectivity index (χ1n) is 12.6. The molecular formula is C28H32N2O5. The number of carbonyl (C=O) groups is 3. The number of nitrogens with one attached hydrogen (secondary N) is 2. The van der Waals surface area contributed by atoms with Crippen LogP contribution in [-0.2, 0) is 14.3 Å². The Balaban J connectivity index is 1.14. The molecule has 0 saturated heterocycles.